The third-order valence-electron chi connectivity index (χ3n) is 3.99. The SMILES string of the molecule is CC(NCC(C)(C)CCCO)C(=O)NC1CCCC1. The molecule has 1 amide bonds. The molecule has 1 aliphatic carbocycles. The molecule has 4 heteroatoms. The summed E-state index contributed by atoms with van der Waals surface area (Å²) in [6.45, 7) is 7.29. The first-order chi connectivity index (χ1) is 8.94. The van der Waals surface area contributed by atoms with Crippen LogP contribution >= 0.6 is 0 Å². The van der Waals surface area contributed by atoms with E-state index in [4.69, 9.17) is 5.11 Å². The Morgan fingerprint density at radius 3 is 2.58 bits per heavy atom. The van der Waals surface area contributed by atoms with Crippen molar-refractivity contribution < 1.29 is 9.90 Å². The molecule has 0 aromatic rings. The fourth-order valence-corrected chi connectivity index (χ4v) is 2.56. The molecule has 112 valence electrons. The first-order valence-corrected chi connectivity index (χ1v) is 7.59. The maximum absolute atomic E-state index is 12.0. The third-order valence-corrected chi connectivity index (χ3v) is 3.99. The summed E-state index contributed by atoms with van der Waals surface area (Å²) in [6.07, 6.45) is 6.51. The van der Waals surface area contributed by atoms with E-state index in [1.54, 1.807) is 0 Å². The Balaban J connectivity index is 2.25. The second-order valence-corrected chi connectivity index (χ2v) is 6.58. The number of aliphatic hydroxyl groups excluding tert-OH is 1. The normalized spacial score (nSPS) is 18.5. The molecule has 19 heavy (non-hydrogen) atoms. The van der Waals surface area contributed by atoms with Gasteiger partial charge in [-0.25, -0.2) is 0 Å². The summed E-state index contributed by atoms with van der Waals surface area (Å²) < 4.78 is 0. The number of carbonyl (C=O) groups is 1. The smallest absolute Gasteiger partial charge is 0.237 e. The molecule has 0 aliphatic heterocycles. The van der Waals surface area contributed by atoms with Crippen LogP contribution in [0.3, 0.4) is 0 Å². The molecule has 0 spiro atoms. The van der Waals surface area contributed by atoms with E-state index >= 15 is 0 Å². The molecular formula is C15H30N2O2. The van der Waals surface area contributed by atoms with Gasteiger partial charge in [-0.15, -0.1) is 0 Å². The van der Waals surface area contributed by atoms with E-state index in [0.29, 0.717) is 6.04 Å². The fraction of sp³-hybridized carbons (Fsp3) is 0.933. The van der Waals surface area contributed by atoms with Gasteiger partial charge in [0.15, 0.2) is 0 Å². The van der Waals surface area contributed by atoms with Crippen molar-refractivity contribution in [1.29, 1.82) is 0 Å². The predicted molar refractivity (Wildman–Crippen MR) is 78.0 cm³/mol. The van der Waals surface area contributed by atoms with E-state index < -0.39 is 0 Å². The summed E-state index contributed by atoms with van der Waals surface area (Å²) in [6, 6.07) is 0.244. The van der Waals surface area contributed by atoms with Gasteiger partial charge in [-0.2, -0.15) is 0 Å². The lowest BCUT2D eigenvalue weighted by atomic mass is 9.87. The van der Waals surface area contributed by atoms with Gasteiger partial charge in [-0.3, -0.25) is 4.79 Å². The van der Waals surface area contributed by atoms with Gasteiger partial charge in [0.25, 0.3) is 0 Å². The number of rotatable bonds is 8. The molecule has 4 nitrogen and oxygen atoms in total. The molecule has 1 aliphatic rings. The van der Waals surface area contributed by atoms with Crippen molar-refractivity contribution in [1.82, 2.24) is 10.6 Å². The minimum Gasteiger partial charge on any atom is -0.396 e. The van der Waals surface area contributed by atoms with Crippen molar-refractivity contribution in [2.75, 3.05) is 13.2 Å². The minimum absolute atomic E-state index is 0.116. The monoisotopic (exact) mass is 270 g/mol. The fourth-order valence-electron chi connectivity index (χ4n) is 2.56. The van der Waals surface area contributed by atoms with Crippen LogP contribution in [-0.4, -0.2) is 36.2 Å². The molecule has 0 aromatic carbocycles. The van der Waals surface area contributed by atoms with Gasteiger partial charge in [-0.05, 0) is 38.0 Å². The van der Waals surface area contributed by atoms with Gasteiger partial charge >= 0.3 is 0 Å². The molecule has 1 rings (SSSR count). The van der Waals surface area contributed by atoms with Crippen molar-refractivity contribution in [2.24, 2.45) is 5.41 Å². The Morgan fingerprint density at radius 2 is 2.00 bits per heavy atom. The lowest BCUT2D eigenvalue weighted by Crippen LogP contribution is -2.47. The quantitative estimate of drug-likeness (QED) is 0.630. The standard InChI is InChI=1S/C15H30N2O2/c1-12(14(19)17-13-7-4-5-8-13)16-11-15(2,3)9-6-10-18/h12-13,16,18H,4-11H2,1-3H3,(H,17,19). The second kappa shape index (κ2) is 7.85. The van der Waals surface area contributed by atoms with E-state index in [9.17, 15) is 4.79 Å². The summed E-state index contributed by atoms with van der Waals surface area (Å²) in [5.41, 5.74) is 0.116. The Labute approximate surface area is 117 Å². The molecule has 0 heterocycles. The minimum atomic E-state index is -0.144. The molecule has 0 aromatic heterocycles. The van der Waals surface area contributed by atoms with Crippen LogP contribution in [0.1, 0.15) is 59.3 Å². The highest BCUT2D eigenvalue weighted by Gasteiger charge is 2.23. The van der Waals surface area contributed by atoms with E-state index in [1.165, 1.54) is 12.8 Å². The average molecular weight is 270 g/mol. The second-order valence-electron chi connectivity index (χ2n) is 6.58. The maximum atomic E-state index is 12.0. The van der Waals surface area contributed by atoms with Crippen LogP contribution in [0.4, 0.5) is 0 Å². The van der Waals surface area contributed by atoms with Crippen LogP contribution in [0.15, 0.2) is 0 Å². The van der Waals surface area contributed by atoms with Crippen LogP contribution in [0.5, 0.6) is 0 Å². The topological polar surface area (TPSA) is 61.4 Å². The van der Waals surface area contributed by atoms with Crippen LogP contribution in [0, 0.1) is 5.41 Å². The van der Waals surface area contributed by atoms with Crippen molar-refractivity contribution in [2.45, 2.75) is 71.4 Å². The molecule has 1 unspecified atom stereocenters. The zero-order valence-electron chi connectivity index (χ0n) is 12.7. The van der Waals surface area contributed by atoms with E-state index in [1.807, 2.05) is 6.92 Å². The number of carbonyl (C=O) groups excluding carboxylic acids is 1. The zero-order valence-corrected chi connectivity index (χ0v) is 12.7. The van der Waals surface area contributed by atoms with Crippen LogP contribution in [0.25, 0.3) is 0 Å². The van der Waals surface area contributed by atoms with Gasteiger partial charge in [-0.1, -0.05) is 26.7 Å². The highest BCUT2D eigenvalue weighted by Crippen LogP contribution is 2.21. The molecule has 1 atom stereocenters. The van der Waals surface area contributed by atoms with Gasteiger partial charge in [0, 0.05) is 19.2 Å². The zero-order chi connectivity index (χ0) is 14.3. The molecule has 0 radical (unpaired) electrons. The van der Waals surface area contributed by atoms with Gasteiger partial charge in [0.05, 0.1) is 6.04 Å². The molecular weight excluding hydrogens is 240 g/mol. The largest absolute Gasteiger partial charge is 0.396 e. The Hall–Kier alpha value is -0.610. The number of amides is 1. The lowest BCUT2D eigenvalue weighted by molar-refractivity contribution is -0.123. The maximum Gasteiger partial charge on any atom is 0.237 e. The molecule has 0 saturated heterocycles. The van der Waals surface area contributed by atoms with E-state index in [0.717, 1.165) is 32.2 Å². The summed E-state index contributed by atoms with van der Waals surface area (Å²) >= 11 is 0. The number of aliphatic hydroxyl groups is 1. The van der Waals surface area contributed by atoms with Crippen LogP contribution in [-0.2, 0) is 4.79 Å². The highest BCUT2D eigenvalue weighted by atomic mass is 16.2. The Kier molecular flexibility index (Phi) is 6.80. The highest BCUT2D eigenvalue weighted by molar-refractivity contribution is 5.81. The van der Waals surface area contributed by atoms with Gasteiger partial charge in [0.1, 0.15) is 0 Å². The van der Waals surface area contributed by atoms with Crippen LogP contribution in [0.2, 0.25) is 0 Å². The lowest BCUT2D eigenvalue weighted by Gasteiger charge is -2.27. The summed E-state index contributed by atoms with van der Waals surface area (Å²) in [7, 11) is 0. The molecule has 1 fully saturated rings. The first kappa shape index (κ1) is 16.4. The van der Waals surface area contributed by atoms with Gasteiger partial charge < -0.3 is 15.7 Å². The predicted octanol–water partition coefficient (Wildman–Crippen LogP) is 1.82. The van der Waals surface area contributed by atoms with Crippen molar-refractivity contribution in [3.05, 3.63) is 0 Å². The van der Waals surface area contributed by atoms with E-state index in [2.05, 4.69) is 24.5 Å². The van der Waals surface area contributed by atoms with Gasteiger partial charge in [0.2, 0.25) is 5.91 Å². The number of hydrogen-bond donors (Lipinski definition) is 3. The number of hydrogen-bond acceptors (Lipinski definition) is 3. The first-order valence-electron chi connectivity index (χ1n) is 7.59. The molecule has 0 bridgehead atoms. The third kappa shape index (κ3) is 6.39. The molecule has 3 N–H and O–H groups in total. The van der Waals surface area contributed by atoms with Crippen molar-refractivity contribution >= 4 is 5.91 Å². The number of nitrogens with one attached hydrogen (secondary N) is 2. The Morgan fingerprint density at radius 1 is 1.37 bits per heavy atom. The van der Waals surface area contributed by atoms with Crippen molar-refractivity contribution in [3.8, 4) is 0 Å². The summed E-state index contributed by atoms with van der Waals surface area (Å²) in [5, 5.41) is 15.3. The molecule has 1 saturated carbocycles. The van der Waals surface area contributed by atoms with Crippen LogP contribution < -0.4 is 10.6 Å². The van der Waals surface area contributed by atoms with E-state index in [-0.39, 0.29) is 24.0 Å². The Bertz CT molecular complexity index is 273. The summed E-state index contributed by atoms with van der Waals surface area (Å²) in [4.78, 5) is 12.0. The average Bonchev–Trinajstić information content (AvgIpc) is 2.86. The van der Waals surface area contributed by atoms with Crippen molar-refractivity contribution in [3.63, 3.8) is 0 Å². The summed E-state index contributed by atoms with van der Waals surface area (Å²) in [5.74, 6) is 0.116.